The van der Waals surface area contributed by atoms with Crippen LogP contribution in [0.2, 0.25) is 0 Å². The van der Waals surface area contributed by atoms with Gasteiger partial charge in [-0.15, -0.1) is 0 Å². The minimum atomic E-state index is -1.63. The Kier molecular flexibility index (Phi) is 6.09. The van der Waals surface area contributed by atoms with Crippen molar-refractivity contribution < 1.29 is 9.53 Å². The number of nitriles is 3. The van der Waals surface area contributed by atoms with Crippen molar-refractivity contribution in [3.05, 3.63) is 58.8 Å². The average molecular weight is 401 g/mol. The molecule has 1 aliphatic heterocycles. The average Bonchev–Trinajstić information content (AvgIpc) is 2.78. The van der Waals surface area contributed by atoms with Gasteiger partial charge in [0.15, 0.2) is 5.41 Å². The smallest absolute Gasteiger partial charge is 0.410 e. The van der Waals surface area contributed by atoms with E-state index in [9.17, 15) is 20.6 Å². The number of allylic oxidation sites excluding steroid dienone is 2. The van der Waals surface area contributed by atoms with Crippen molar-refractivity contribution in [3.8, 4) is 18.2 Å². The Bertz CT molecular complexity index is 993. The van der Waals surface area contributed by atoms with Gasteiger partial charge < -0.3 is 15.4 Å². The second-order valence-corrected chi connectivity index (χ2v) is 7.43. The molecule has 0 spiro atoms. The van der Waals surface area contributed by atoms with Crippen LogP contribution in [0.25, 0.3) is 0 Å². The van der Waals surface area contributed by atoms with Crippen molar-refractivity contribution in [2.45, 2.75) is 19.8 Å². The highest BCUT2D eigenvalue weighted by Gasteiger charge is 2.53. The van der Waals surface area contributed by atoms with Crippen LogP contribution >= 0.6 is 0 Å². The van der Waals surface area contributed by atoms with Gasteiger partial charge in [-0.05, 0) is 30.9 Å². The predicted molar refractivity (Wildman–Crippen MR) is 109 cm³/mol. The van der Waals surface area contributed by atoms with E-state index < -0.39 is 17.4 Å². The van der Waals surface area contributed by atoms with Crippen LogP contribution in [0.5, 0.6) is 0 Å². The van der Waals surface area contributed by atoms with Gasteiger partial charge in [0.1, 0.15) is 6.07 Å². The first-order valence-electron chi connectivity index (χ1n) is 9.91. The van der Waals surface area contributed by atoms with Crippen molar-refractivity contribution in [2.75, 3.05) is 19.7 Å². The van der Waals surface area contributed by atoms with Gasteiger partial charge in [-0.3, -0.25) is 0 Å². The summed E-state index contributed by atoms with van der Waals surface area (Å²) in [6.45, 7) is 2.55. The first-order chi connectivity index (χ1) is 14.5. The van der Waals surface area contributed by atoms with E-state index in [1.54, 1.807) is 17.9 Å². The molecule has 7 nitrogen and oxygen atoms in total. The molecule has 0 bridgehead atoms. The lowest BCUT2D eigenvalue weighted by Crippen LogP contribution is -2.50. The van der Waals surface area contributed by atoms with Gasteiger partial charge in [-0.25, -0.2) is 4.79 Å². The Hall–Kier alpha value is -3.76. The minimum Gasteiger partial charge on any atom is -0.450 e. The fraction of sp³-hybridized carbons (Fsp3) is 0.391. The molecule has 0 radical (unpaired) electrons. The summed E-state index contributed by atoms with van der Waals surface area (Å²) in [5.74, 6) is -0.818. The van der Waals surface area contributed by atoms with Crippen molar-refractivity contribution in [2.24, 2.45) is 23.0 Å². The number of nitrogens with two attached hydrogens (primary N) is 1. The zero-order valence-corrected chi connectivity index (χ0v) is 16.8. The topological polar surface area (TPSA) is 127 Å². The van der Waals surface area contributed by atoms with E-state index in [0.717, 1.165) is 11.1 Å². The monoisotopic (exact) mass is 401 g/mol. The molecule has 2 N–H and O–H groups in total. The van der Waals surface area contributed by atoms with Crippen molar-refractivity contribution in [1.29, 1.82) is 15.8 Å². The standard InChI is InChI=1S/C23H23N5O2/c1-2-30-22(29)28-11-10-17-18(12-24)21(27)23(14-25,15-26)20(19(17)13-28)9-8-16-6-4-3-5-7-16/h3-7,10,19-20H,2,8-9,11,13,27H2,1H3. The molecule has 2 aliphatic rings. The Labute approximate surface area is 176 Å². The fourth-order valence-electron chi connectivity index (χ4n) is 4.44. The third-order valence-electron chi connectivity index (χ3n) is 5.95. The molecule has 1 aliphatic carbocycles. The van der Waals surface area contributed by atoms with Gasteiger partial charge in [0.2, 0.25) is 0 Å². The van der Waals surface area contributed by atoms with E-state index in [1.165, 1.54) is 0 Å². The van der Waals surface area contributed by atoms with E-state index in [0.29, 0.717) is 19.4 Å². The molecule has 7 heteroatoms. The molecule has 0 saturated heterocycles. The number of aryl methyl sites for hydroxylation is 1. The fourth-order valence-corrected chi connectivity index (χ4v) is 4.44. The first-order valence-corrected chi connectivity index (χ1v) is 9.91. The summed E-state index contributed by atoms with van der Waals surface area (Å²) in [4.78, 5) is 13.9. The predicted octanol–water partition coefficient (Wildman–Crippen LogP) is 3.03. The van der Waals surface area contributed by atoms with Gasteiger partial charge in [0.05, 0.1) is 30.0 Å². The number of benzene rings is 1. The molecule has 1 heterocycles. The number of hydrogen-bond acceptors (Lipinski definition) is 6. The molecular formula is C23H23N5O2. The van der Waals surface area contributed by atoms with E-state index in [4.69, 9.17) is 10.5 Å². The van der Waals surface area contributed by atoms with Gasteiger partial charge in [-0.2, -0.15) is 15.8 Å². The normalized spacial score (nSPS) is 22.1. The van der Waals surface area contributed by atoms with Crippen molar-refractivity contribution >= 4 is 6.09 Å². The van der Waals surface area contributed by atoms with Crippen LogP contribution in [0.15, 0.2) is 53.3 Å². The maximum absolute atomic E-state index is 12.3. The number of rotatable bonds is 4. The quantitative estimate of drug-likeness (QED) is 0.826. The van der Waals surface area contributed by atoms with Crippen LogP contribution < -0.4 is 5.73 Å². The summed E-state index contributed by atoms with van der Waals surface area (Å²) < 4.78 is 5.13. The Morgan fingerprint density at radius 2 is 1.97 bits per heavy atom. The van der Waals surface area contributed by atoms with Gasteiger partial charge in [0, 0.05) is 24.9 Å². The summed E-state index contributed by atoms with van der Waals surface area (Å²) >= 11 is 0. The molecular weight excluding hydrogens is 378 g/mol. The van der Waals surface area contributed by atoms with Gasteiger partial charge in [-0.1, -0.05) is 36.4 Å². The maximum Gasteiger partial charge on any atom is 0.410 e. The molecule has 152 valence electrons. The number of carbonyl (C=O) groups excluding carboxylic acids is 1. The third-order valence-corrected chi connectivity index (χ3v) is 5.95. The lowest BCUT2D eigenvalue weighted by Gasteiger charge is -2.45. The van der Waals surface area contributed by atoms with E-state index in [2.05, 4.69) is 18.2 Å². The Morgan fingerprint density at radius 3 is 2.57 bits per heavy atom. The zero-order valence-electron chi connectivity index (χ0n) is 16.8. The number of amides is 1. The van der Waals surface area contributed by atoms with Gasteiger partial charge in [0.25, 0.3) is 0 Å². The molecule has 0 fully saturated rings. The number of ether oxygens (including phenoxy) is 1. The zero-order chi connectivity index (χ0) is 21.7. The number of hydrogen-bond donors (Lipinski definition) is 1. The summed E-state index contributed by atoms with van der Waals surface area (Å²) in [5.41, 5.74) is 6.64. The third kappa shape index (κ3) is 3.49. The lowest BCUT2D eigenvalue weighted by atomic mass is 9.58. The second-order valence-electron chi connectivity index (χ2n) is 7.43. The number of carbonyl (C=O) groups is 1. The summed E-state index contributed by atoms with van der Waals surface area (Å²) in [5, 5.41) is 29.8. The van der Waals surface area contributed by atoms with Gasteiger partial charge >= 0.3 is 6.09 Å². The number of nitrogens with zero attached hydrogens (tertiary/aromatic N) is 4. The highest BCUT2D eigenvalue weighted by atomic mass is 16.6. The molecule has 1 amide bonds. The van der Waals surface area contributed by atoms with Crippen LogP contribution in [-0.2, 0) is 11.2 Å². The molecule has 2 unspecified atom stereocenters. The lowest BCUT2D eigenvalue weighted by molar-refractivity contribution is 0.0928. The highest BCUT2D eigenvalue weighted by Crippen LogP contribution is 2.51. The van der Waals surface area contributed by atoms with Crippen molar-refractivity contribution in [1.82, 2.24) is 4.90 Å². The molecule has 0 saturated carbocycles. The molecule has 1 aromatic carbocycles. The van der Waals surface area contributed by atoms with E-state index >= 15 is 0 Å². The highest BCUT2D eigenvalue weighted by molar-refractivity contribution is 5.69. The summed E-state index contributed by atoms with van der Waals surface area (Å²) in [6.07, 6.45) is 2.51. The summed E-state index contributed by atoms with van der Waals surface area (Å²) in [7, 11) is 0. The Balaban J connectivity index is 2.05. The SMILES string of the molecule is CCOC(=O)N1CC=C2C(C#N)=C(N)C(C#N)(C#N)C(CCc3ccccc3)C2C1. The first kappa shape index (κ1) is 21.0. The van der Waals surface area contributed by atoms with Crippen LogP contribution in [0.3, 0.4) is 0 Å². The van der Waals surface area contributed by atoms with Crippen LogP contribution in [0.1, 0.15) is 18.9 Å². The minimum absolute atomic E-state index is 0.0140. The van der Waals surface area contributed by atoms with Crippen molar-refractivity contribution in [3.63, 3.8) is 0 Å². The van der Waals surface area contributed by atoms with Crippen LogP contribution in [0.4, 0.5) is 4.79 Å². The molecule has 1 aromatic rings. The Morgan fingerprint density at radius 1 is 1.27 bits per heavy atom. The second kappa shape index (κ2) is 8.72. The molecule has 2 atom stereocenters. The van der Waals surface area contributed by atoms with E-state index in [-0.39, 0.29) is 30.3 Å². The number of fused-ring (bicyclic) bond motifs is 1. The molecule has 30 heavy (non-hydrogen) atoms. The van der Waals surface area contributed by atoms with Crippen LogP contribution in [-0.4, -0.2) is 30.7 Å². The molecule has 0 aromatic heterocycles. The van der Waals surface area contributed by atoms with E-state index in [1.807, 2.05) is 30.3 Å². The molecule has 3 rings (SSSR count). The maximum atomic E-state index is 12.3. The van der Waals surface area contributed by atoms with Crippen LogP contribution in [0, 0.1) is 51.2 Å². The largest absolute Gasteiger partial charge is 0.450 e. The summed E-state index contributed by atoms with van der Waals surface area (Å²) in [6, 6.07) is 16.1.